The number of rotatable bonds is 3. The standard InChI is InChI=1S/C17H28N2O/c18-3-1-11-2-4-19(10-11)17(20)16-14-6-12-5-13(8-14)9-15(16)7-12/h11-16H,1-10,18H2. The first kappa shape index (κ1) is 13.1. The molecule has 5 rings (SSSR count). The molecule has 0 aromatic carbocycles. The number of amides is 1. The van der Waals surface area contributed by atoms with Crippen LogP contribution in [0, 0.1) is 35.5 Å². The molecule has 3 nitrogen and oxygen atoms in total. The van der Waals surface area contributed by atoms with Gasteiger partial charge in [0.2, 0.25) is 5.91 Å². The molecule has 1 amide bonds. The van der Waals surface area contributed by atoms with Crippen molar-refractivity contribution >= 4 is 5.91 Å². The Bertz CT molecular complexity index is 366. The predicted molar refractivity (Wildman–Crippen MR) is 78.9 cm³/mol. The van der Waals surface area contributed by atoms with Crippen LogP contribution in [0.3, 0.4) is 0 Å². The molecule has 0 spiro atoms. The lowest BCUT2D eigenvalue weighted by Crippen LogP contribution is -2.51. The third kappa shape index (κ3) is 2.09. The molecule has 4 aliphatic carbocycles. The van der Waals surface area contributed by atoms with Crippen molar-refractivity contribution in [1.82, 2.24) is 4.90 Å². The van der Waals surface area contributed by atoms with Crippen molar-refractivity contribution in [1.29, 1.82) is 0 Å². The zero-order valence-corrected chi connectivity index (χ0v) is 12.5. The van der Waals surface area contributed by atoms with Crippen molar-refractivity contribution in [3.05, 3.63) is 0 Å². The Morgan fingerprint density at radius 1 is 1.05 bits per heavy atom. The molecule has 4 bridgehead atoms. The van der Waals surface area contributed by atoms with Crippen molar-refractivity contribution in [3.63, 3.8) is 0 Å². The van der Waals surface area contributed by atoms with E-state index in [0.29, 0.717) is 17.7 Å². The van der Waals surface area contributed by atoms with Crippen LogP contribution in [0.5, 0.6) is 0 Å². The fraction of sp³-hybridized carbons (Fsp3) is 0.941. The third-order valence-corrected chi connectivity index (χ3v) is 6.68. The number of carbonyl (C=O) groups is 1. The van der Waals surface area contributed by atoms with E-state index in [1.807, 2.05) is 0 Å². The molecule has 3 heteroatoms. The van der Waals surface area contributed by atoms with E-state index in [4.69, 9.17) is 5.73 Å². The van der Waals surface area contributed by atoms with Gasteiger partial charge in [-0.2, -0.15) is 0 Å². The molecule has 1 atom stereocenters. The molecule has 1 aliphatic heterocycles. The fourth-order valence-corrected chi connectivity index (χ4v) is 6.04. The highest BCUT2D eigenvalue weighted by atomic mass is 16.2. The van der Waals surface area contributed by atoms with Crippen LogP contribution in [-0.4, -0.2) is 30.4 Å². The summed E-state index contributed by atoms with van der Waals surface area (Å²) < 4.78 is 0. The SMILES string of the molecule is NCCC1CCN(C(=O)C2C3CC4CC(C3)CC2C4)C1. The topological polar surface area (TPSA) is 46.3 Å². The molecule has 20 heavy (non-hydrogen) atoms. The van der Waals surface area contributed by atoms with E-state index in [-0.39, 0.29) is 0 Å². The first-order valence-electron chi connectivity index (χ1n) is 8.73. The quantitative estimate of drug-likeness (QED) is 0.859. The monoisotopic (exact) mass is 276 g/mol. The minimum atomic E-state index is 0.388. The molecule has 5 fully saturated rings. The third-order valence-electron chi connectivity index (χ3n) is 6.68. The summed E-state index contributed by atoms with van der Waals surface area (Å²) in [7, 11) is 0. The molecular formula is C17H28N2O. The summed E-state index contributed by atoms with van der Waals surface area (Å²) in [5.74, 6) is 4.95. The number of likely N-dealkylation sites (tertiary alicyclic amines) is 1. The van der Waals surface area contributed by atoms with Crippen molar-refractivity contribution in [2.24, 2.45) is 41.2 Å². The maximum absolute atomic E-state index is 13.0. The Hall–Kier alpha value is -0.570. The highest BCUT2D eigenvalue weighted by Gasteiger charge is 2.51. The Kier molecular flexibility index (Phi) is 3.29. The van der Waals surface area contributed by atoms with Gasteiger partial charge in [-0.25, -0.2) is 0 Å². The second-order valence-electron chi connectivity index (χ2n) is 7.97. The van der Waals surface area contributed by atoms with Gasteiger partial charge >= 0.3 is 0 Å². The van der Waals surface area contributed by atoms with Gasteiger partial charge < -0.3 is 10.6 Å². The summed E-state index contributed by atoms with van der Waals surface area (Å²) in [5.41, 5.74) is 5.66. The second-order valence-corrected chi connectivity index (χ2v) is 7.97. The van der Waals surface area contributed by atoms with Crippen LogP contribution in [0.2, 0.25) is 0 Å². The molecule has 0 aromatic heterocycles. The van der Waals surface area contributed by atoms with Crippen molar-refractivity contribution in [2.45, 2.75) is 44.9 Å². The Morgan fingerprint density at radius 2 is 1.70 bits per heavy atom. The molecule has 0 aromatic rings. The van der Waals surface area contributed by atoms with Crippen LogP contribution in [0.25, 0.3) is 0 Å². The van der Waals surface area contributed by atoms with Crippen molar-refractivity contribution in [2.75, 3.05) is 19.6 Å². The molecular weight excluding hydrogens is 248 g/mol. The predicted octanol–water partition coefficient (Wildman–Crippen LogP) is 2.26. The number of hydrogen-bond donors (Lipinski definition) is 1. The molecule has 2 N–H and O–H groups in total. The first-order chi connectivity index (χ1) is 9.74. The van der Waals surface area contributed by atoms with Crippen molar-refractivity contribution in [3.8, 4) is 0 Å². The molecule has 4 saturated carbocycles. The van der Waals surface area contributed by atoms with E-state index >= 15 is 0 Å². The Morgan fingerprint density at radius 3 is 2.30 bits per heavy atom. The van der Waals surface area contributed by atoms with Crippen LogP contribution in [0.15, 0.2) is 0 Å². The minimum Gasteiger partial charge on any atom is -0.342 e. The maximum Gasteiger partial charge on any atom is 0.226 e. The number of carbonyl (C=O) groups excluding carboxylic acids is 1. The highest BCUT2D eigenvalue weighted by Crippen LogP contribution is 2.57. The van der Waals surface area contributed by atoms with Gasteiger partial charge in [-0.3, -0.25) is 4.79 Å². The largest absolute Gasteiger partial charge is 0.342 e. The van der Waals surface area contributed by atoms with Gasteiger partial charge in [0.1, 0.15) is 0 Å². The molecule has 5 aliphatic rings. The van der Waals surface area contributed by atoms with Crippen molar-refractivity contribution < 1.29 is 4.79 Å². The molecule has 112 valence electrons. The van der Waals surface area contributed by atoms with Crippen LogP contribution < -0.4 is 5.73 Å². The van der Waals surface area contributed by atoms with Gasteiger partial charge in [0.25, 0.3) is 0 Å². The fourth-order valence-electron chi connectivity index (χ4n) is 6.04. The van der Waals surface area contributed by atoms with Crippen LogP contribution in [-0.2, 0) is 4.79 Å². The van der Waals surface area contributed by atoms with E-state index in [1.165, 1.54) is 38.5 Å². The van der Waals surface area contributed by atoms with Gasteiger partial charge in [0, 0.05) is 19.0 Å². The number of nitrogens with two attached hydrogens (primary N) is 1. The Balaban J connectivity index is 1.44. The van der Waals surface area contributed by atoms with Gasteiger partial charge in [-0.15, -0.1) is 0 Å². The molecule has 1 unspecified atom stereocenters. The lowest BCUT2D eigenvalue weighted by molar-refractivity contribution is -0.148. The molecule has 1 saturated heterocycles. The average Bonchev–Trinajstić information content (AvgIpc) is 2.86. The van der Waals surface area contributed by atoms with Crippen LogP contribution >= 0.6 is 0 Å². The van der Waals surface area contributed by atoms with E-state index in [9.17, 15) is 4.79 Å². The zero-order valence-electron chi connectivity index (χ0n) is 12.5. The summed E-state index contributed by atoms with van der Waals surface area (Å²) in [4.78, 5) is 15.2. The summed E-state index contributed by atoms with van der Waals surface area (Å²) in [6.07, 6.45) is 9.14. The normalized spacial score (nSPS) is 46.1. The number of nitrogens with zero attached hydrogens (tertiary/aromatic N) is 1. The smallest absolute Gasteiger partial charge is 0.226 e. The van der Waals surface area contributed by atoms with E-state index in [2.05, 4.69) is 4.90 Å². The lowest BCUT2D eigenvalue weighted by atomic mass is 9.51. The summed E-state index contributed by atoms with van der Waals surface area (Å²) in [6, 6.07) is 0. The van der Waals surface area contributed by atoms with Gasteiger partial charge in [-0.05, 0) is 81.1 Å². The average molecular weight is 276 g/mol. The molecule has 0 radical (unpaired) electrons. The summed E-state index contributed by atoms with van der Waals surface area (Å²) >= 11 is 0. The minimum absolute atomic E-state index is 0.388. The summed E-state index contributed by atoms with van der Waals surface area (Å²) in [5, 5.41) is 0. The first-order valence-corrected chi connectivity index (χ1v) is 8.73. The zero-order chi connectivity index (χ0) is 13.7. The lowest BCUT2D eigenvalue weighted by Gasteiger charge is -2.54. The van der Waals surface area contributed by atoms with E-state index in [1.54, 1.807) is 0 Å². The van der Waals surface area contributed by atoms with E-state index < -0.39 is 0 Å². The second kappa shape index (κ2) is 5.01. The Labute approximate surface area is 122 Å². The number of hydrogen-bond acceptors (Lipinski definition) is 2. The van der Waals surface area contributed by atoms with E-state index in [0.717, 1.165) is 49.7 Å². The molecule has 1 heterocycles. The maximum atomic E-state index is 13.0. The van der Waals surface area contributed by atoms with Gasteiger partial charge in [-0.1, -0.05) is 0 Å². The van der Waals surface area contributed by atoms with Gasteiger partial charge in [0.15, 0.2) is 0 Å². The summed E-state index contributed by atoms with van der Waals surface area (Å²) in [6.45, 7) is 2.75. The van der Waals surface area contributed by atoms with Crippen LogP contribution in [0.4, 0.5) is 0 Å². The van der Waals surface area contributed by atoms with Crippen LogP contribution in [0.1, 0.15) is 44.9 Å². The van der Waals surface area contributed by atoms with Gasteiger partial charge in [0.05, 0.1) is 0 Å². The highest BCUT2D eigenvalue weighted by molar-refractivity contribution is 5.80.